The van der Waals surface area contributed by atoms with Crippen LogP contribution < -0.4 is 10.1 Å². The average Bonchev–Trinajstić information content (AvgIpc) is 2.60. The third-order valence-electron chi connectivity index (χ3n) is 3.31. The molecule has 0 spiro atoms. The van der Waals surface area contributed by atoms with Crippen LogP contribution in [0.25, 0.3) is 6.08 Å². The molecule has 0 heterocycles. The second-order valence-corrected chi connectivity index (χ2v) is 7.18. The molecule has 0 saturated heterocycles. The van der Waals surface area contributed by atoms with E-state index >= 15 is 0 Å². The van der Waals surface area contributed by atoms with Crippen LogP contribution in [0.4, 0.5) is 11.4 Å². The minimum Gasteiger partial charge on any atom is -0.494 e. The Morgan fingerprint density at radius 3 is 2.44 bits per heavy atom. The molecule has 0 saturated carbocycles. The van der Waals surface area contributed by atoms with Gasteiger partial charge in [-0.1, -0.05) is 11.6 Å². The summed E-state index contributed by atoms with van der Waals surface area (Å²) in [6.07, 6.45) is 1.39. The number of nitriles is 1. The fourth-order valence-electron chi connectivity index (χ4n) is 2.08. The number of non-ortho nitro benzene ring substituents is 1. The fourth-order valence-corrected chi connectivity index (χ4v) is 3.85. The number of hydrogen-bond donors (Lipinski definition) is 1. The van der Waals surface area contributed by atoms with Crippen LogP contribution in [-0.2, 0) is 4.79 Å². The first-order valence-corrected chi connectivity index (χ1v) is 9.13. The van der Waals surface area contributed by atoms with E-state index in [0.29, 0.717) is 20.3 Å². The molecule has 2 aromatic carbocycles. The summed E-state index contributed by atoms with van der Waals surface area (Å²) in [7, 11) is 1.52. The number of carbonyl (C=O) groups is 1. The molecule has 0 aliphatic heterocycles. The Morgan fingerprint density at radius 2 is 1.96 bits per heavy atom. The van der Waals surface area contributed by atoms with Crippen molar-refractivity contribution in [2.75, 3.05) is 12.4 Å². The van der Waals surface area contributed by atoms with Gasteiger partial charge in [0.2, 0.25) is 0 Å². The van der Waals surface area contributed by atoms with Gasteiger partial charge in [0.15, 0.2) is 0 Å². The van der Waals surface area contributed by atoms with Crippen molar-refractivity contribution in [3.8, 4) is 11.8 Å². The second-order valence-electron chi connectivity index (χ2n) is 5.06. The van der Waals surface area contributed by atoms with Crippen LogP contribution in [0.15, 0.2) is 44.9 Å². The van der Waals surface area contributed by atoms with Crippen molar-refractivity contribution >= 4 is 66.8 Å². The van der Waals surface area contributed by atoms with E-state index in [1.165, 1.54) is 25.3 Å². The maximum Gasteiger partial charge on any atom is 0.271 e. The molecular weight excluding hydrogens is 505 g/mol. The highest BCUT2D eigenvalue weighted by molar-refractivity contribution is 9.11. The Hall–Kier alpha value is -2.41. The third-order valence-corrected chi connectivity index (χ3v) is 4.80. The lowest BCUT2D eigenvalue weighted by atomic mass is 10.1. The quantitative estimate of drug-likeness (QED) is 0.251. The molecular formula is C17H10Br2ClN3O4. The van der Waals surface area contributed by atoms with Gasteiger partial charge in [0.1, 0.15) is 17.4 Å². The molecule has 0 aliphatic rings. The Kier molecular flexibility index (Phi) is 6.96. The minimum atomic E-state index is -0.698. The maximum atomic E-state index is 12.4. The van der Waals surface area contributed by atoms with Crippen molar-refractivity contribution in [2.45, 2.75) is 0 Å². The highest BCUT2D eigenvalue weighted by Crippen LogP contribution is 2.35. The van der Waals surface area contributed by atoms with Crippen LogP contribution in [0.5, 0.6) is 5.75 Å². The van der Waals surface area contributed by atoms with Gasteiger partial charge in [0, 0.05) is 12.1 Å². The zero-order valence-corrected chi connectivity index (χ0v) is 17.6. The van der Waals surface area contributed by atoms with Crippen LogP contribution in [0, 0.1) is 21.4 Å². The molecule has 1 N–H and O–H groups in total. The number of nitrogens with one attached hydrogen (secondary N) is 1. The molecule has 138 valence electrons. The van der Waals surface area contributed by atoms with Crippen molar-refractivity contribution in [1.29, 1.82) is 5.26 Å². The average molecular weight is 516 g/mol. The Bertz CT molecular complexity index is 979. The standard InChI is InChI=1S/C17H10Br2ClN3O4/c1-27-16-12(18)5-9(6-13(16)19)4-10(8-21)17(24)22-15-3-2-11(23(25)26)7-14(15)20/h2-7H,1H3,(H,22,24)/b10-4+. The van der Waals surface area contributed by atoms with E-state index in [1.807, 2.05) is 6.07 Å². The first-order valence-electron chi connectivity index (χ1n) is 7.17. The van der Waals surface area contributed by atoms with Crippen LogP contribution in [0.3, 0.4) is 0 Å². The van der Waals surface area contributed by atoms with Crippen LogP contribution in [0.1, 0.15) is 5.56 Å². The largest absolute Gasteiger partial charge is 0.494 e. The lowest BCUT2D eigenvalue weighted by molar-refractivity contribution is -0.384. The van der Waals surface area contributed by atoms with Crippen molar-refractivity contribution in [3.63, 3.8) is 0 Å². The number of nitro groups is 1. The predicted octanol–water partition coefficient (Wildman–Crippen LogP) is 5.33. The van der Waals surface area contributed by atoms with E-state index in [9.17, 15) is 20.2 Å². The van der Waals surface area contributed by atoms with Gasteiger partial charge in [-0.3, -0.25) is 14.9 Å². The lowest BCUT2D eigenvalue weighted by Crippen LogP contribution is -2.13. The number of nitrogens with zero attached hydrogens (tertiary/aromatic N) is 2. The van der Waals surface area contributed by atoms with E-state index in [1.54, 1.807) is 12.1 Å². The van der Waals surface area contributed by atoms with Crippen LogP contribution >= 0.6 is 43.5 Å². The second kappa shape index (κ2) is 8.99. The monoisotopic (exact) mass is 513 g/mol. The topological polar surface area (TPSA) is 105 Å². The Balaban J connectivity index is 2.30. The van der Waals surface area contributed by atoms with E-state index in [0.717, 1.165) is 6.07 Å². The highest BCUT2D eigenvalue weighted by Gasteiger charge is 2.15. The summed E-state index contributed by atoms with van der Waals surface area (Å²) in [5.41, 5.74) is 0.358. The van der Waals surface area contributed by atoms with Gasteiger partial charge in [0.05, 0.1) is 31.7 Å². The SMILES string of the molecule is COc1c(Br)cc(/C=C(\C#N)C(=O)Nc2ccc([N+](=O)[O-])cc2Cl)cc1Br. The summed E-state index contributed by atoms with van der Waals surface area (Å²) in [6, 6.07) is 8.82. The first kappa shape index (κ1) is 20.9. The van der Waals surface area contributed by atoms with Gasteiger partial charge in [-0.25, -0.2) is 0 Å². The van der Waals surface area contributed by atoms with Crippen molar-refractivity contribution in [1.82, 2.24) is 0 Å². The molecule has 0 fully saturated rings. The number of amides is 1. The van der Waals surface area contributed by atoms with E-state index in [-0.39, 0.29) is 22.0 Å². The zero-order valence-electron chi connectivity index (χ0n) is 13.6. The van der Waals surface area contributed by atoms with E-state index in [2.05, 4.69) is 37.2 Å². The van der Waals surface area contributed by atoms with Gasteiger partial charge < -0.3 is 10.1 Å². The van der Waals surface area contributed by atoms with Crippen molar-refractivity contribution < 1.29 is 14.5 Å². The third kappa shape index (κ3) is 5.07. The smallest absolute Gasteiger partial charge is 0.271 e. The predicted molar refractivity (Wildman–Crippen MR) is 109 cm³/mol. The number of methoxy groups -OCH3 is 1. The number of carbonyl (C=O) groups excluding carboxylic acids is 1. The molecule has 0 radical (unpaired) electrons. The number of ether oxygens (including phenoxy) is 1. The number of anilines is 1. The van der Waals surface area contributed by atoms with Gasteiger partial charge in [-0.2, -0.15) is 5.26 Å². The van der Waals surface area contributed by atoms with Crippen molar-refractivity contribution in [3.05, 3.63) is 65.6 Å². The molecule has 0 aromatic heterocycles. The molecule has 27 heavy (non-hydrogen) atoms. The summed E-state index contributed by atoms with van der Waals surface area (Å²) in [4.78, 5) is 22.5. The lowest BCUT2D eigenvalue weighted by Gasteiger charge is -2.08. The zero-order chi connectivity index (χ0) is 20.1. The molecule has 0 unspecified atom stereocenters. The van der Waals surface area contributed by atoms with Crippen LogP contribution in [-0.4, -0.2) is 17.9 Å². The van der Waals surface area contributed by atoms with Gasteiger partial charge in [-0.15, -0.1) is 0 Å². The summed E-state index contributed by atoms with van der Waals surface area (Å²) < 4.78 is 6.49. The molecule has 1 amide bonds. The normalized spacial score (nSPS) is 10.9. The minimum absolute atomic E-state index is 0.00947. The first-order chi connectivity index (χ1) is 12.8. The van der Waals surface area contributed by atoms with Crippen LogP contribution in [0.2, 0.25) is 5.02 Å². The number of rotatable bonds is 5. The summed E-state index contributed by atoms with van der Waals surface area (Å²) in [5.74, 6) is -0.121. The number of benzene rings is 2. The number of hydrogen-bond acceptors (Lipinski definition) is 5. The van der Waals surface area contributed by atoms with Gasteiger partial charge >= 0.3 is 0 Å². The highest BCUT2D eigenvalue weighted by atomic mass is 79.9. The molecule has 0 bridgehead atoms. The summed E-state index contributed by atoms with van der Waals surface area (Å²) in [5, 5.41) is 22.5. The summed E-state index contributed by atoms with van der Waals surface area (Å²) >= 11 is 12.6. The number of halogens is 3. The van der Waals surface area contributed by atoms with E-state index < -0.39 is 10.8 Å². The molecule has 0 aliphatic carbocycles. The van der Waals surface area contributed by atoms with Gasteiger partial charge in [-0.05, 0) is 61.7 Å². The molecule has 2 rings (SSSR count). The Morgan fingerprint density at radius 1 is 1.33 bits per heavy atom. The molecule has 2 aromatic rings. The molecule has 7 nitrogen and oxygen atoms in total. The summed E-state index contributed by atoms with van der Waals surface area (Å²) in [6.45, 7) is 0. The van der Waals surface area contributed by atoms with E-state index in [4.69, 9.17) is 16.3 Å². The molecule has 10 heteroatoms. The fraction of sp³-hybridized carbons (Fsp3) is 0.0588. The maximum absolute atomic E-state index is 12.4. The molecule has 0 atom stereocenters. The van der Waals surface area contributed by atoms with Crippen molar-refractivity contribution in [2.24, 2.45) is 0 Å². The number of nitro benzene ring substituents is 1. The Labute approximate surface area is 176 Å². The van der Waals surface area contributed by atoms with Gasteiger partial charge in [0.25, 0.3) is 11.6 Å².